The van der Waals surface area contributed by atoms with Crippen LogP contribution in [0.5, 0.6) is 0 Å². The van der Waals surface area contributed by atoms with Crippen molar-refractivity contribution in [2.45, 2.75) is 13.8 Å². The van der Waals surface area contributed by atoms with Gasteiger partial charge < -0.3 is 9.05 Å². The van der Waals surface area contributed by atoms with Crippen LogP contribution in [0, 0.1) is 0 Å². The van der Waals surface area contributed by atoms with Gasteiger partial charge in [0, 0.05) is 6.20 Å². The van der Waals surface area contributed by atoms with Crippen molar-refractivity contribution >= 4 is 36.1 Å². The molecule has 0 N–H and O–H groups in total. The van der Waals surface area contributed by atoms with Gasteiger partial charge in [-0.05, 0) is 19.9 Å². The van der Waals surface area contributed by atoms with E-state index < -0.39 is 7.60 Å². The third kappa shape index (κ3) is 2.96. The lowest BCUT2D eigenvalue weighted by atomic mass is 10.5. The van der Waals surface area contributed by atoms with E-state index in [0.717, 1.165) is 0 Å². The van der Waals surface area contributed by atoms with Crippen LogP contribution in [-0.2, 0) is 13.6 Å². The molecule has 0 aliphatic carbocycles. The van der Waals surface area contributed by atoms with Crippen LogP contribution in [-0.4, -0.2) is 18.2 Å². The Kier molecular flexibility index (Phi) is 5.22. The molecule has 1 aromatic heterocycles. The maximum atomic E-state index is 12.4. The molecule has 0 saturated heterocycles. The zero-order valence-corrected chi connectivity index (χ0v) is 11.4. The average molecular weight is 284 g/mol. The van der Waals surface area contributed by atoms with Crippen molar-refractivity contribution in [3.05, 3.63) is 22.4 Å². The number of rotatable bonds is 5. The van der Waals surface area contributed by atoms with Gasteiger partial charge in [0.05, 0.1) is 23.5 Å². The van der Waals surface area contributed by atoms with E-state index in [4.69, 9.17) is 32.2 Å². The first-order chi connectivity index (χ1) is 7.55. The van der Waals surface area contributed by atoms with Gasteiger partial charge in [-0.3, -0.25) is 4.57 Å². The highest BCUT2D eigenvalue weighted by Crippen LogP contribution is 2.49. The normalized spacial score (nSPS) is 11.8. The van der Waals surface area contributed by atoms with E-state index in [-0.39, 0.29) is 28.7 Å². The summed E-state index contributed by atoms with van der Waals surface area (Å²) < 4.78 is 22.7. The van der Waals surface area contributed by atoms with Crippen molar-refractivity contribution in [1.29, 1.82) is 0 Å². The Morgan fingerprint density at radius 3 is 2.38 bits per heavy atom. The predicted molar refractivity (Wildman–Crippen MR) is 64.7 cm³/mol. The fraction of sp³-hybridized carbons (Fsp3) is 0.444. The summed E-state index contributed by atoms with van der Waals surface area (Å²) in [4.78, 5) is 3.77. The summed E-state index contributed by atoms with van der Waals surface area (Å²) in [6.45, 7) is 3.96. The highest BCUT2D eigenvalue weighted by Gasteiger charge is 2.30. The predicted octanol–water partition coefficient (Wildman–Crippen LogP) is 3.28. The van der Waals surface area contributed by atoms with E-state index in [9.17, 15) is 4.57 Å². The molecule has 0 aliphatic rings. The molecule has 0 radical (unpaired) electrons. The molecule has 1 aromatic rings. The first kappa shape index (κ1) is 13.9. The van der Waals surface area contributed by atoms with Crippen LogP contribution >= 0.6 is 30.8 Å². The molecule has 0 saturated carbocycles. The number of halogens is 2. The number of pyridine rings is 1. The minimum atomic E-state index is -3.39. The molecule has 7 heteroatoms. The number of hydrogen-bond donors (Lipinski definition) is 0. The average Bonchev–Trinajstić information content (AvgIpc) is 2.22. The van der Waals surface area contributed by atoms with Gasteiger partial charge in [-0.25, -0.2) is 4.98 Å². The molecule has 16 heavy (non-hydrogen) atoms. The largest absolute Gasteiger partial charge is 0.362 e. The lowest BCUT2D eigenvalue weighted by Crippen LogP contribution is -2.12. The van der Waals surface area contributed by atoms with E-state index in [1.54, 1.807) is 13.8 Å². The van der Waals surface area contributed by atoms with Gasteiger partial charge in [0.15, 0.2) is 0 Å². The Labute approximate surface area is 104 Å². The van der Waals surface area contributed by atoms with Gasteiger partial charge in [0.2, 0.25) is 0 Å². The molecular formula is C9H12Cl2NO3P. The molecular weight excluding hydrogens is 272 g/mol. The third-order valence-electron chi connectivity index (χ3n) is 1.72. The molecule has 90 valence electrons. The molecule has 1 heterocycles. The Hall–Kier alpha value is -0.120. The monoisotopic (exact) mass is 283 g/mol. The van der Waals surface area contributed by atoms with Gasteiger partial charge in [-0.2, -0.15) is 0 Å². The Morgan fingerprint density at radius 2 is 1.88 bits per heavy atom. The Morgan fingerprint density at radius 1 is 1.31 bits per heavy atom. The maximum Gasteiger partial charge on any atom is 0.362 e. The van der Waals surface area contributed by atoms with E-state index >= 15 is 0 Å². The van der Waals surface area contributed by atoms with Crippen LogP contribution in [0.2, 0.25) is 10.2 Å². The number of aromatic nitrogens is 1. The summed E-state index contributed by atoms with van der Waals surface area (Å²) in [7, 11) is -3.39. The zero-order chi connectivity index (χ0) is 12.2. The van der Waals surface area contributed by atoms with Crippen LogP contribution in [0.3, 0.4) is 0 Å². The quantitative estimate of drug-likeness (QED) is 0.615. The van der Waals surface area contributed by atoms with E-state index in [2.05, 4.69) is 4.98 Å². The van der Waals surface area contributed by atoms with Crippen LogP contribution < -0.4 is 5.30 Å². The van der Waals surface area contributed by atoms with Crippen molar-refractivity contribution in [1.82, 2.24) is 4.98 Å². The van der Waals surface area contributed by atoms with E-state index in [0.29, 0.717) is 0 Å². The molecule has 4 nitrogen and oxygen atoms in total. The van der Waals surface area contributed by atoms with Gasteiger partial charge in [0.25, 0.3) is 0 Å². The van der Waals surface area contributed by atoms with Gasteiger partial charge in [-0.15, -0.1) is 0 Å². The highest BCUT2D eigenvalue weighted by atomic mass is 35.5. The van der Waals surface area contributed by atoms with Crippen LogP contribution in [0.25, 0.3) is 0 Å². The second-order valence-electron chi connectivity index (χ2n) is 2.77. The Bertz CT molecular complexity index is 404. The molecule has 0 fully saturated rings. The smallest absolute Gasteiger partial charge is 0.305 e. The van der Waals surface area contributed by atoms with Crippen molar-refractivity contribution in [3.8, 4) is 0 Å². The van der Waals surface area contributed by atoms with Gasteiger partial charge >= 0.3 is 7.60 Å². The first-order valence-corrected chi connectivity index (χ1v) is 7.04. The van der Waals surface area contributed by atoms with Crippen LogP contribution in [0.4, 0.5) is 0 Å². The molecule has 0 atom stereocenters. The topological polar surface area (TPSA) is 48.4 Å². The summed E-state index contributed by atoms with van der Waals surface area (Å²) >= 11 is 11.7. The molecule has 0 aliphatic heterocycles. The van der Waals surface area contributed by atoms with Crippen molar-refractivity contribution < 1.29 is 13.6 Å². The SMILES string of the molecule is CCOP(=O)(OCC)c1ccnc(Cl)c1Cl. The number of nitrogens with zero attached hydrogens (tertiary/aromatic N) is 1. The molecule has 0 spiro atoms. The standard InChI is InChI=1S/C9H12Cl2NO3P/c1-3-14-16(13,15-4-2)7-5-6-12-9(11)8(7)10/h5-6H,3-4H2,1-2H3. The van der Waals surface area contributed by atoms with E-state index in [1.807, 2.05) is 0 Å². The van der Waals surface area contributed by atoms with Crippen molar-refractivity contribution in [3.63, 3.8) is 0 Å². The maximum absolute atomic E-state index is 12.4. The van der Waals surface area contributed by atoms with Crippen molar-refractivity contribution in [2.75, 3.05) is 13.2 Å². The molecule has 1 rings (SSSR count). The molecule has 0 aromatic carbocycles. The van der Waals surface area contributed by atoms with Gasteiger partial charge in [-0.1, -0.05) is 23.2 Å². The second-order valence-corrected chi connectivity index (χ2v) is 5.50. The first-order valence-electron chi connectivity index (χ1n) is 4.74. The Balaban J connectivity index is 3.21. The lowest BCUT2D eigenvalue weighted by Gasteiger charge is -2.18. The fourth-order valence-corrected chi connectivity index (χ4v) is 3.41. The number of hydrogen-bond acceptors (Lipinski definition) is 4. The van der Waals surface area contributed by atoms with E-state index in [1.165, 1.54) is 12.3 Å². The molecule has 0 bridgehead atoms. The molecule has 0 amide bonds. The van der Waals surface area contributed by atoms with Crippen LogP contribution in [0.15, 0.2) is 12.3 Å². The highest BCUT2D eigenvalue weighted by molar-refractivity contribution is 7.62. The zero-order valence-electron chi connectivity index (χ0n) is 8.94. The lowest BCUT2D eigenvalue weighted by molar-refractivity contribution is 0.230. The second kappa shape index (κ2) is 5.99. The summed E-state index contributed by atoms with van der Waals surface area (Å²) in [6, 6.07) is 1.49. The summed E-state index contributed by atoms with van der Waals surface area (Å²) in [6.07, 6.45) is 1.41. The fourth-order valence-electron chi connectivity index (χ4n) is 1.14. The van der Waals surface area contributed by atoms with Gasteiger partial charge in [0.1, 0.15) is 5.15 Å². The minimum Gasteiger partial charge on any atom is -0.305 e. The summed E-state index contributed by atoms with van der Waals surface area (Å²) in [5, 5.41) is 0.436. The third-order valence-corrected chi connectivity index (χ3v) is 4.78. The molecule has 0 unspecified atom stereocenters. The minimum absolute atomic E-state index is 0.0822. The summed E-state index contributed by atoms with van der Waals surface area (Å²) in [5.41, 5.74) is 0. The summed E-state index contributed by atoms with van der Waals surface area (Å²) in [5.74, 6) is 0. The van der Waals surface area contributed by atoms with Crippen LogP contribution in [0.1, 0.15) is 13.8 Å². The van der Waals surface area contributed by atoms with Crippen molar-refractivity contribution in [2.24, 2.45) is 0 Å².